The smallest absolute Gasteiger partial charge is 0.224 e. The van der Waals surface area contributed by atoms with Crippen LogP contribution in [0.5, 0.6) is 0 Å². The standard InChI is InChI=1S/C17H33NO2/c1-2-3-4-5-6-7-8-9-10-13-16(19)18-15-12-11-14-17(18)20/h17,20H,2-15H2,1H3. The first kappa shape index (κ1) is 17.5. The number of likely N-dealkylation sites (tertiary alicyclic amines) is 1. The molecule has 0 aromatic rings. The average molecular weight is 283 g/mol. The summed E-state index contributed by atoms with van der Waals surface area (Å²) in [5, 5.41) is 9.79. The molecule has 1 rings (SSSR count). The van der Waals surface area contributed by atoms with Gasteiger partial charge in [0, 0.05) is 13.0 Å². The number of aliphatic hydroxyl groups excluding tert-OH is 1. The first-order valence-electron chi connectivity index (χ1n) is 8.73. The predicted octanol–water partition coefficient (Wildman–Crippen LogP) is 4.24. The normalized spacial score (nSPS) is 19.3. The molecule has 0 bridgehead atoms. The summed E-state index contributed by atoms with van der Waals surface area (Å²) in [6.45, 7) is 2.99. The van der Waals surface area contributed by atoms with Crippen molar-refractivity contribution in [2.75, 3.05) is 6.54 Å². The molecule has 0 saturated carbocycles. The minimum Gasteiger partial charge on any atom is -0.374 e. The van der Waals surface area contributed by atoms with Crippen LogP contribution in [0.15, 0.2) is 0 Å². The quantitative estimate of drug-likeness (QED) is 0.609. The van der Waals surface area contributed by atoms with Crippen LogP contribution >= 0.6 is 0 Å². The third-order valence-corrected chi connectivity index (χ3v) is 4.29. The Morgan fingerprint density at radius 1 is 1.00 bits per heavy atom. The van der Waals surface area contributed by atoms with E-state index >= 15 is 0 Å². The molecule has 0 aromatic heterocycles. The van der Waals surface area contributed by atoms with Gasteiger partial charge in [0.15, 0.2) is 0 Å². The summed E-state index contributed by atoms with van der Waals surface area (Å²) in [6.07, 6.45) is 14.4. The molecule has 0 spiro atoms. The molecular formula is C17H33NO2. The molecule has 3 heteroatoms. The number of piperidine rings is 1. The SMILES string of the molecule is CCCCCCCCCCCC(=O)N1CCCCC1O. The largest absolute Gasteiger partial charge is 0.374 e. The fourth-order valence-electron chi connectivity index (χ4n) is 2.94. The van der Waals surface area contributed by atoms with Gasteiger partial charge in [-0.05, 0) is 25.7 Å². The maximum atomic E-state index is 12.0. The van der Waals surface area contributed by atoms with Crippen molar-refractivity contribution in [3.05, 3.63) is 0 Å². The van der Waals surface area contributed by atoms with Crippen molar-refractivity contribution in [1.29, 1.82) is 0 Å². The Hall–Kier alpha value is -0.570. The average Bonchev–Trinajstić information content (AvgIpc) is 2.46. The monoisotopic (exact) mass is 283 g/mol. The Morgan fingerprint density at radius 3 is 2.20 bits per heavy atom. The molecule has 0 radical (unpaired) electrons. The summed E-state index contributed by atoms with van der Waals surface area (Å²) >= 11 is 0. The lowest BCUT2D eigenvalue weighted by Crippen LogP contribution is -2.43. The van der Waals surface area contributed by atoms with E-state index in [2.05, 4.69) is 6.92 Å². The van der Waals surface area contributed by atoms with Crippen LogP contribution in [0.25, 0.3) is 0 Å². The summed E-state index contributed by atoms with van der Waals surface area (Å²) in [6, 6.07) is 0. The van der Waals surface area contributed by atoms with E-state index in [1.54, 1.807) is 4.90 Å². The maximum absolute atomic E-state index is 12.0. The van der Waals surface area contributed by atoms with E-state index in [0.29, 0.717) is 6.42 Å². The number of carbonyl (C=O) groups excluding carboxylic acids is 1. The molecule has 1 aliphatic rings. The second kappa shape index (κ2) is 11.1. The van der Waals surface area contributed by atoms with E-state index in [4.69, 9.17) is 0 Å². The van der Waals surface area contributed by atoms with Gasteiger partial charge in [0.05, 0.1) is 0 Å². The van der Waals surface area contributed by atoms with Crippen molar-refractivity contribution < 1.29 is 9.90 Å². The Bertz CT molecular complexity index is 255. The highest BCUT2D eigenvalue weighted by molar-refractivity contribution is 5.76. The van der Waals surface area contributed by atoms with Crippen molar-refractivity contribution in [1.82, 2.24) is 4.90 Å². The topological polar surface area (TPSA) is 40.5 Å². The van der Waals surface area contributed by atoms with E-state index in [1.807, 2.05) is 0 Å². The Kier molecular flexibility index (Phi) is 9.73. The maximum Gasteiger partial charge on any atom is 0.224 e. The number of aliphatic hydroxyl groups is 1. The van der Waals surface area contributed by atoms with Crippen molar-refractivity contribution in [3.63, 3.8) is 0 Å². The number of unbranched alkanes of at least 4 members (excludes halogenated alkanes) is 8. The fourth-order valence-corrected chi connectivity index (χ4v) is 2.94. The van der Waals surface area contributed by atoms with Crippen LogP contribution in [-0.4, -0.2) is 28.7 Å². The van der Waals surface area contributed by atoms with Gasteiger partial charge in [-0.1, -0.05) is 58.3 Å². The second-order valence-corrected chi connectivity index (χ2v) is 6.14. The van der Waals surface area contributed by atoms with E-state index in [0.717, 1.165) is 38.6 Å². The number of nitrogens with zero attached hydrogens (tertiary/aromatic N) is 1. The number of hydrogen-bond donors (Lipinski definition) is 1. The van der Waals surface area contributed by atoms with Gasteiger partial charge >= 0.3 is 0 Å². The zero-order valence-corrected chi connectivity index (χ0v) is 13.3. The summed E-state index contributed by atoms with van der Waals surface area (Å²) in [4.78, 5) is 13.7. The summed E-state index contributed by atoms with van der Waals surface area (Å²) in [5.41, 5.74) is 0. The lowest BCUT2D eigenvalue weighted by molar-refractivity contribution is -0.144. The third kappa shape index (κ3) is 7.28. The van der Waals surface area contributed by atoms with Crippen LogP contribution in [-0.2, 0) is 4.79 Å². The Labute approximate surface area is 124 Å². The minimum atomic E-state index is -0.519. The molecule has 3 nitrogen and oxygen atoms in total. The number of carbonyl (C=O) groups is 1. The summed E-state index contributed by atoms with van der Waals surface area (Å²) in [5.74, 6) is 0.153. The molecule has 0 aliphatic carbocycles. The second-order valence-electron chi connectivity index (χ2n) is 6.14. The highest BCUT2D eigenvalue weighted by Crippen LogP contribution is 2.17. The van der Waals surface area contributed by atoms with E-state index < -0.39 is 6.23 Å². The van der Waals surface area contributed by atoms with Crippen LogP contribution in [0.1, 0.15) is 90.4 Å². The molecule has 1 aliphatic heterocycles. The molecule has 1 heterocycles. The van der Waals surface area contributed by atoms with E-state index in [9.17, 15) is 9.90 Å². The highest BCUT2D eigenvalue weighted by Gasteiger charge is 2.23. The van der Waals surface area contributed by atoms with Crippen LogP contribution in [0.3, 0.4) is 0 Å². The van der Waals surface area contributed by atoms with Gasteiger partial charge in [0.2, 0.25) is 5.91 Å². The first-order chi connectivity index (χ1) is 9.75. The molecule has 1 fully saturated rings. The van der Waals surface area contributed by atoms with Crippen LogP contribution in [0.2, 0.25) is 0 Å². The van der Waals surface area contributed by atoms with Gasteiger partial charge in [0.25, 0.3) is 0 Å². The van der Waals surface area contributed by atoms with Gasteiger partial charge in [-0.25, -0.2) is 0 Å². The first-order valence-corrected chi connectivity index (χ1v) is 8.73. The van der Waals surface area contributed by atoms with E-state index in [1.165, 1.54) is 44.9 Å². The molecule has 118 valence electrons. The van der Waals surface area contributed by atoms with Crippen LogP contribution in [0, 0.1) is 0 Å². The summed E-state index contributed by atoms with van der Waals surface area (Å²) in [7, 11) is 0. The molecule has 1 amide bonds. The Morgan fingerprint density at radius 2 is 1.60 bits per heavy atom. The molecular weight excluding hydrogens is 250 g/mol. The molecule has 0 aromatic carbocycles. The van der Waals surface area contributed by atoms with Gasteiger partial charge in [-0.15, -0.1) is 0 Å². The van der Waals surface area contributed by atoms with Crippen molar-refractivity contribution >= 4 is 5.91 Å². The zero-order valence-electron chi connectivity index (χ0n) is 13.3. The van der Waals surface area contributed by atoms with Gasteiger partial charge < -0.3 is 10.0 Å². The molecule has 1 unspecified atom stereocenters. The van der Waals surface area contributed by atoms with Crippen molar-refractivity contribution in [3.8, 4) is 0 Å². The number of rotatable bonds is 10. The van der Waals surface area contributed by atoms with Crippen LogP contribution < -0.4 is 0 Å². The molecule has 20 heavy (non-hydrogen) atoms. The third-order valence-electron chi connectivity index (χ3n) is 4.29. The van der Waals surface area contributed by atoms with Crippen molar-refractivity contribution in [2.45, 2.75) is 96.6 Å². The summed E-state index contributed by atoms with van der Waals surface area (Å²) < 4.78 is 0. The van der Waals surface area contributed by atoms with Gasteiger partial charge in [-0.2, -0.15) is 0 Å². The fraction of sp³-hybridized carbons (Fsp3) is 0.941. The number of hydrogen-bond acceptors (Lipinski definition) is 2. The predicted molar refractivity (Wildman–Crippen MR) is 83.4 cm³/mol. The molecule has 1 atom stereocenters. The lowest BCUT2D eigenvalue weighted by atomic mass is 10.1. The van der Waals surface area contributed by atoms with Gasteiger partial charge in [-0.3, -0.25) is 4.79 Å². The van der Waals surface area contributed by atoms with Crippen LogP contribution in [0.4, 0.5) is 0 Å². The lowest BCUT2D eigenvalue weighted by Gasteiger charge is -2.32. The van der Waals surface area contributed by atoms with E-state index in [-0.39, 0.29) is 5.91 Å². The van der Waals surface area contributed by atoms with Crippen molar-refractivity contribution in [2.24, 2.45) is 0 Å². The number of amides is 1. The highest BCUT2D eigenvalue weighted by atomic mass is 16.3. The Balaban J connectivity index is 1.94. The molecule has 1 N–H and O–H groups in total. The zero-order chi connectivity index (χ0) is 14.6. The van der Waals surface area contributed by atoms with Gasteiger partial charge in [0.1, 0.15) is 6.23 Å². The molecule has 1 saturated heterocycles. The minimum absolute atomic E-state index is 0.153.